The maximum absolute atomic E-state index is 13.7. The molecule has 14 heavy (non-hydrogen) atoms. The second kappa shape index (κ2) is 5.65. The molecule has 0 radical (unpaired) electrons. The highest BCUT2D eigenvalue weighted by molar-refractivity contribution is 5.11. The van der Waals surface area contributed by atoms with Crippen molar-refractivity contribution in [2.75, 3.05) is 19.8 Å². The molecule has 1 heterocycles. The Bertz CT molecular complexity index is 254. The van der Waals surface area contributed by atoms with Crippen LogP contribution in [-0.4, -0.2) is 29.6 Å². The molecular formula is C10H14F2N2. The molecule has 1 atom stereocenters. The van der Waals surface area contributed by atoms with Crippen molar-refractivity contribution in [1.29, 1.82) is 0 Å². The summed E-state index contributed by atoms with van der Waals surface area (Å²) >= 11 is 0. The molecule has 0 saturated heterocycles. The third-order valence-electron chi connectivity index (χ3n) is 2.06. The van der Waals surface area contributed by atoms with Gasteiger partial charge in [-0.25, -0.2) is 8.78 Å². The van der Waals surface area contributed by atoms with E-state index in [0.29, 0.717) is 12.1 Å². The van der Waals surface area contributed by atoms with Gasteiger partial charge in [0.2, 0.25) is 0 Å². The Morgan fingerprint density at radius 3 is 2.86 bits per heavy atom. The van der Waals surface area contributed by atoms with Crippen molar-refractivity contribution in [3.63, 3.8) is 0 Å². The van der Waals surface area contributed by atoms with Crippen LogP contribution in [0.5, 0.6) is 0 Å². The molecule has 0 saturated carbocycles. The van der Waals surface area contributed by atoms with Crippen molar-refractivity contribution in [2.45, 2.75) is 13.2 Å². The Hall–Kier alpha value is -1.03. The number of aromatic nitrogens is 1. The van der Waals surface area contributed by atoms with E-state index in [4.69, 9.17) is 0 Å². The van der Waals surface area contributed by atoms with Gasteiger partial charge in [0.15, 0.2) is 6.30 Å². The van der Waals surface area contributed by atoms with Gasteiger partial charge in [0.25, 0.3) is 0 Å². The van der Waals surface area contributed by atoms with Crippen LogP contribution in [0.1, 0.15) is 18.8 Å². The molecule has 0 fully saturated rings. The molecule has 1 aromatic heterocycles. The first kappa shape index (κ1) is 11.0. The highest BCUT2D eigenvalue weighted by atomic mass is 19.1. The second-order valence-corrected chi connectivity index (χ2v) is 2.94. The van der Waals surface area contributed by atoms with Gasteiger partial charge in [0.05, 0.1) is 0 Å². The van der Waals surface area contributed by atoms with Gasteiger partial charge in [-0.15, -0.1) is 0 Å². The van der Waals surface area contributed by atoms with Crippen molar-refractivity contribution in [3.05, 3.63) is 30.1 Å². The molecule has 78 valence electrons. The minimum absolute atomic E-state index is 0.118. The highest BCUT2D eigenvalue weighted by Crippen LogP contribution is 2.20. The first-order chi connectivity index (χ1) is 6.79. The van der Waals surface area contributed by atoms with Crippen LogP contribution in [0, 0.1) is 0 Å². The molecular weight excluding hydrogens is 186 g/mol. The minimum atomic E-state index is -1.26. The number of hydrogen-bond donors (Lipinski definition) is 0. The molecule has 0 aromatic carbocycles. The quantitative estimate of drug-likeness (QED) is 0.678. The van der Waals surface area contributed by atoms with Gasteiger partial charge >= 0.3 is 0 Å². The topological polar surface area (TPSA) is 16.1 Å². The highest BCUT2D eigenvalue weighted by Gasteiger charge is 2.17. The van der Waals surface area contributed by atoms with Crippen LogP contribution in [0.4, 0.5) is 8.78 Å². The lowest BCUT2D eigenvalue weighted by molar-refractivity contribution is 0.0807. The predicted molar refractivity (Wildman–Crippen MR) is 51.3 cm³/mol. The third kappa shape index (κ3) is 2.73. The average Bonchev–Trinajstić information content (AvgIpc) is 2.26. The van der Waals surface area contributed by atoms with Crippen molar-refractivity contribution in [2.24, 2.45) is 0 Å². The number of nitrogens with zero attached hydrogens (tertiary/aromatic N) is 2. The van der Waals surface area contributed by atoms with E-state index in [-0.39, 0.29) is 6.54 Å². The average molecular weight is 200 g/mol. The normalized spacial score (nSPS) is 13.1. The molecule has 0 bridgehead atoms. The van der Waals surface area contributed by atoms with E-state index in [1.54, 1.807) is 25.3 Å². The van der Waals surface area contributed by atoms with Crippen LogP contribution >= 0.6 is 0 Å². The lowest BCUT2D eigenvalue weighted by atomic mass is 10.2. The first-order valence-corrected chi connectivity index (χ1v) is 4.63. The molecule has 0 N–H and O–H groups in total. The third-order valence-corrected chi connectivity index (χ3v) is 2.06. The van der Waals surface area contributed by atoms with Crippen molar-refractivity contribution < 1.29 is 8.78 Å². The van der Waals surface area contributed by atoms with E-state index in [0.717, 1.165) is 0 Å². The summed E-state index contributed by atoms with van der Waals surface area (Å²) in [6, 6.07) is 3.32. The summed E-state index contributed by atoms with van der Waals surface area (Å²) in [6.45, 7) is 1.87. The van der Waals surface area contributed by atoms with Gasteiger partial charge in [-0.1, -0.05) is 13.0 Å². The van der Waals surface area contributed by atoms with E-state index >= 15 is 0 Å². The largest absolute Gasteiger partial charge is 0.268 e. The summed E-state index contributed by atoms with van der Waals surface area (Å²) in [7, 11) is 0. The molecule has 0 aliphatic carbocycles. The zero-order valence-corrected chi connectivity index (χ0v) is 8.16. The summed E-state index contributed by atoms with van der Waals surface area (Å²) in [5.74, 6) is 0. The maximum atomic E-state index is 13.7. The molecule has 1 unspecified atom stereocenters. The fraction of sp³-hybridized carbons (Fsp3) is 0.500. The van der Waals surface area contributed by atoms with E-state index in [1.165, 1.54) is 11.1 Å². The second-order valence-electron chi connectivity index (χ2n) is 2.94. The molecule has 4 heteroatoms. The molecule has 0 spiro atoms. The fourth-order valence-corrected chi connectivity index (χ4v) is 1.27. The smallest absolute Gasteiger partial charge is 0.180 e. The minimum Gasteiger partial charge on any atom is -0.268 e. The standard InChI is InChI=1S/C10H14F2N2/c1-2-14(7-5-11)10(12)9-4-3-6-13-8-9/h3-4,6,8,10H,2,5,7H2,1H3. The summed E-state index contributed by atoms with van der Waals surface area (Å²) in [6.07, 6.45) is 1.79. The number of rotatable bonds is 5. The Morgan fingerprint density at radius 2 is 2.36 bits per heavy atom. The summed E-state index contributed by atoms with van der Waals surface area (Å²) < 4.78 is 25.8. The van der Waals surface area contributed by atoms with Crippen LogP contribution in [0.25, 0.3) is 0 Å². The van der Waals surface area contributed by atoms with Gasteiger partial charge in [-0.2, -0.15) is 0 Å². The molecule has 0 amide bonds. The molecule has 1 rings (SSSR count). The van der Waals surface area contributed by atoms with Gasteiger partial charge in [0, 0.05) is 24.5 Å². The lowest BCUT2D eigenvalue weighted by Crippen LogP contribution is -2.28. The Kier molecular flexibility index (Phi) is 4.46. The monoisotopic (exact) mass is 200 g/mol. The van der Waals surface area contributed by atoms with Crippen molar-refractivity contribution in [3.8, 4) is 0 Å². The molecule has 1 aromatic rings. The number of hydrogen-bond acceptors (Lipinski definition) is 2. The van der Waals surface area contributed by atoms with Gasteiger partial charge in [-0.05, 0) is 12.6 Å². The van der Waals surface area contributed by atoms with Gasteiger partial charge < -0.3 is 0 Å². The SMILES string of the molecule is CCN(CCF)C(F)c1cccnc1. The Labute approximate surface area is 82.6 Å². The van der Waals surface area contributed by atoms with Crippen LogP contribution < -0.4 is 0 Å². The van der Waals surface area contributed by atoms with E-state index in [9.17, 15) is 8.78 Å². The van der Waals surface area contributed by atoms with Crippen LogP contribution in [0.2, 0.25) is 0 Å². The number of alkyl halides is 2. The van der Waals surface area contributed by atoms with Crippen molar-refractivity contribution in [1.82, 2.24) is 9.88 Å². The first-order valence-electron chi connectivity index (χ1n) is 4.63. The zero-order valence-electron chi connectivity index (χ0n) is 8.16. The van der Waals surface area contributed by atoms with Gasteiger partial charge in [-0.3, -0.25) is 9.88 Å². The fourth-order valence-electron chi connectivity index (χ4n) is 1.27. The van der Waals surface area contributed by atoms with Crippen LogP contribution in [0.3, 0.4) is 0 Å². The Morgan fingerprint density at radius 1 is 1.57 bits per heavy atom. The van der Waals surface area contributed by atoms with Crippen LogP contribution in [0.15, 0.2) is 24.5 Å². The van der Waals surface area contributed by atoms with E-state index in [2.05, 4.69) is 4.98 Å². The lowest BCUT2D eigenvalue weighted by Gasteiger charge is -2.23. The van der Waals surface area contributed by atoms with Gasteiger partial charge in [0.1, 0.15) is 6.67 Å². The summed E-state index contributed by atoms with van der Waals surface area (Å²) in [4.78, 5) is 5.25. The summed E-state index contributed by atoms with van der Waals surface area (Å²) in [5, 5.41) is 0. The molecule has 2 nitrogen and oxygen atoms in total. The molecule has 0 aliphatic heterocycles. The number of pyridine rings is 1. The zero-order chi connectivity index (χ0) is 10.4. The number of halogens is 2. The predicted octanol–water partition coefficient (Wildman–Crippen LogP) is 2.34. The maximum Gasteiger partial charge on any atom is 0.180 e. The van der Waals surface area contributed by atoms with Crippen LogP contribution in [-0.2, 0) is 0 Å². The Balaban J connectivity index is 2.67. The molecule has 0 aliphatic rings. The van der Waals surface area contributed by atoms with E-state index in [1.807, 2.05) is 0 Å². The van der Waals surface area contributed by atoms with E-state index < -0.39 is 13.0 Å². The van der Waals surface area contributed by atoms with Crippen molar-refractivity contribution >= 4 is 0 Å². The summed E-state index contributed by atoms with van der Waals surface area (Å²) in [5.41, 5.74) is 0.475.